The van der Waals surface area contributed by atoms with E-state index in [0.29, 0.717) is 18.1 Å². The van der Waals surface area contributed by atoms with Crippen molar-refractivity contribution in [1.82, 2.24) is 0 Å². The zero-order valence-corrected chi connectivity index (χ0v) is 11.3. The van der Waals surface area contributed by atoms with Gasteiger partial charge in [-0.3, -0.25) is 0 Å². The Hall–Kier alpha value is -0.940. The highest BCUT2D eigenvalue weighted by Gasteiger charge is 2.13. The molecule has 0 bridgehead atoms. The van der Waals surface area contributed by atoms with E-state index in [9.17, 15) is 8.42 Å². The van der Waals surface area contributed by atoms with Gasteiger partial charge in [0.2, 0.25) is 9.05 Å². The topological polar surface area (TPSA) is 52.6 Å². The second-order valence-electron chi connectivity index (χ2n) is 3.80. The number of methoxy groups -OCH3 is 1. The van der Waals surface area contributed by atoms with Gasteiger partial charge < -0.3 is 9.47 Å². The first-order valence-corrected chi connectivity index (χ1v) is 7.58. The molecule has 0 fully saturated rings. The number of halogens is 1. The largest absolute Gasteiger partial charge is 0.497 e. The molecular weight excluding hydrogens is 264 g/mol. The number of benzene rings is 1. The lowest BCUT2D eigenvalue weighted by molar-refractivity contribution is 0.270. The highest BCUT2D eigenvalue weighted by Crippen LogP contribution is 2.19. The fourth-order valence-electron chi connectivity index (χ4n) is 1.32. The maximum Gasteiger partial charge on any atom is 0.232 e. The van der Waals surface area contributed by atoms with Crippen molar-refractivity contribution in [3.8, 4) is 11.5 Å². The second kappa shape index (κ2) is 6.12. The molecule has 1 rings (SSSR count). The summed E-state index contributed by atoms with van der Waals surface area (Å²) in [4.78, 5) is 0. The predicted octanol–water partition coefficient (Wildman–Crippen LogP) is 2.28. The van der Waals surface area contributed by atoms with E-state index in [1.165, 1.54) is 0 Å². The maximum atomic E-state index is 10.8. The fourth-order valence-corrected chi connectivity index (χ4v) is 2.74. The minimum absolute atomic E-state index is 0.0987. The van der Waals surface area contributed by atoms with Gasteiger partial charge in [-0.1, -0.05) is 13.0 Å². The summed E-state index contributed by atoms with van der Waals surface area (Å²) in [5.74, 6) is 1.07. The molecule has 0 heterocycles. The molecule has 0 aliphatic rings. The quantitative estimate of drug-likeness (QED) is 0.749. The first-order chi connectivity index (χ1) is 7.90. The molecular formula is C11H15ClO4S. The Balaban J connectivity index is 2.49. The average Bonchev–Trinajstić information content (AvgIpc) is 2.24. The van der Waals surface area contributed by atoms with Crippen LogP contribution in [0.2, 0.25) is 0 Å². The molecule has 0 spiro atoms. The Morgan fingerprint density at radius 2 is 2.00 bits per heavy atom. The fraction of sp³-hybridized carbons (Fsp3) is 0.455. The summed E-state index contributed by atoms with van der Waals surface area (Å²) in [6.45, 7) is 2.05. The summed E-state index contributed by atoms with van der Waals surface area (Å²) >= 11 is 0. The zero-order valence-electron chi connectivity index (χ0n) is 9.72. The number of rotatable bonds is 6. The van der Waals surface area contributed by atoms with Crippen LogP contribution in [-0.2, 0) is 9.05 Å². The molecule has 1 unspecified atom stereocenters. The number of hydrogen-bond donors (Lipinski definition) is 0. The molecule has 0 N–H and O–H groups in total. The van der Waals surface area contributed by atoms with Crippen molar-refractivity contribution < 1.29 is 17.9 Å². The monoisotopic (exact) mass is 278 g/mol. The third-order valence-corrected chi connectivity index (χ3v) is 3.40. The normalized spacial score (nSPS) is 13.1. The van der Waals surface area contributed by atoms with Crippen molar-refractivity contribution in [2.24, 2.45) is 5.92 Å². The lowest BCUT2D eigenvalue weighted by Gasteiger charge is -2.12. The van der Waals surface area contributed by atoms with Gasteiger partial charge >= 0.3 is 0 Å². The van der Waals surface area contributed by atoms with Gasteiger partial charge in [-0.15, -0.1) is 0 Å². The molecule has 0 radical (unpaired) electrons. The van der Waals surface area contributed by atoms with E-state index in [4.69, 9.17) is 20.2 Å². The Morgan fingerprint density at radius 1 is 1.35 bits per heavy atom. The highest BCUT2D eigenvalue weighted by atomic mass is 35.7. The number of ether oxygens (including phenoxy) is 2. The lowest BCUT2D eigenvalue weighted by atomic mass is 10.2. The molecule has 1 aromatic carbocycles. The van der Waals surface area contributed by atoms with Crippen molar-refractivity contribution in [2.75, 3.05) is 19.5 Å². The van der Waals surface area contributed by atoms with Crippen molar-refractivity contribution in [2.45, 2.75) is 6.92 Å². The molecule has 1 aromatic rings. The van der Waals surface area contributed by atoms with E-state index in [-0.39, 0.29) is 11.7 Å². The van der Waals surface area contributed by atoms with E-state index in [0.717, 1.165) is 0 Å². The van der Waals surface area contributed by atoms with Crippen molar-refractivity contribution in [3.63, 3.8) is 0 Å². The summed E-state index contributed by atoms with van der Waals surface area (Å²) in [6, 6.07) is 7.13. The second-order valence-corrected chi connectivity index (χ2v) is 6.62. The van der Waals surface area contributed by atoms with E-state index in [1.54, 1.807) is 38.3 Å². The summed E-state index contributed by atoms with van der Waals surface area (Å²) in [5.41, 5.74) is 0. The van der Waals surface area contributed by atoms with E-state index in [2.05, 4.69) is 0 Å². The Bertz CT molecular complexity index is 458. The Labute approximate surface area is 106 Å². The SMILES string of the molecule is COc1cccc(OCC(C)CS(=O)(=O)Cl)c1. The molecule has 0 saturated carbocycles. The molecule has 0 amide bonds. The standard InChI is InChI=1S/C11H15ClO4S/c1-9(8-17(12,13)14)7-16-11-5-3-4-10(6-11)15-2/h3-6,9H,7-8H2,1-2H3. The molecule has 0 aromatic heterocycles. The van der Waals surface area contributed by atoms with Crippen LogP contribution < -0.4 is 9.47 Å². The number of hydrogen-bond acceptors (Lipinski definition) is 4. The van der Waals surface area contributed by atoms with Gasteiger partial charge in [0.25, 0.3) is 0 Å². The molecule has 0 saturated heterocycles. The zero-order chi connectivity index (χ0) is 12.9. The predicted molar refractivity (Wildman–Crippen MR) is 67.3 cm³/mol. The van der Waals surface area contributed by atoms with Gasteiger partial charge in [0, 0.05) is 22.7 Å². The van der Waals surface area contributed by atoms with Crippen LogP contribution in [0.25, 0.3) is 0 Å². The van der Waals surface area contributed by atoms with Crippen LogP contribution in [0.4, 0.5) is 0 Å². The third-order valence-electron chi connectivity index (χ3n) is 2.06. The van der Waals surface area contributed by atoms with Crippen LogP contribution in [-0.4, -0.2) is 27.9 Å². The molecule has 0 aliphatic carbocycles. The summed E-state index contributed by atoms with van der Waals surface area (Å²) < 4.78 is 32.2. The van der Waals surface area contributed by atoms with Crippen LogP contribution in [0.5, 0.6) is 11.5 Å². The van der Waals surface area contributed by atoms with E-state index in [1.807, 2.05) is 0 Å². The first kappa shape index (κ1) is 14.1. The molecule has 1 atom stereocenters. The van der Waals surface area contributed by atoms with Crippen molar-refractivity contribution in [3.05, 3.63) is 24.3 Å². The molecule has 6 heteroatoms. The minimum Gasteiger partial charge on any atom is -0.497 e. The van der Waals surface area contributed by atoms with Crippen LogP contribution in [0, 0.1) is 5.92 Å². The smallest absolute Gasteiger partial charge is 0.232 e. The summed E-state index contributed by atoms with van der Waals surface area (Å²) in [5, 5.41) is 0. The van der Waals surface area contributed by atoms with Crippen molar-refractivity contribution in [1.29, 1.82) is 0 Å². The van der Waals surface area contributed by atoms with Gasteiger partial charge in [0.15, 0.2) is 0 Å². The molecule has 4 nitrogen and oxygen atoms in total. The highest BCUT2D eigenvalue weighted by molar-refractivity contribution is 8.13. The van der Waals surface area contributed by atoms with Crippen LogP contribution in [0.3, 0.4) is 0 Å². The average molecular weight is 279 g/mol. The van der Waals surface area contributed by atoms with Gasteiger partial charge in [-0.25, -0.2) is 8.42 Å². The molecule has 0 aliphatic heterocycles. The third kappa shape index (κ3) is 5.79. The minimum atomic E-state index is -3.47. The lowest BCUT2D eigenvalue weighted by Crippen LogP contribution is -2.16. The maximum absolute atomic E-state index is 10.8. The Morgan fingerprint density at radius 3 is 2.59 bits per heavy atom. The summed E-state index contributed by atoms with van der Waals surface area (Å²) in [6.07, 6.45) is 0. The van der Waals surface area contributed by atoms with Gasteiger partial charge in [-0.05, 0) is 12.1 Å². The molecule has 96 valence electrons. The molecule has 17 heavy (non-hydrogen) atoms. The van der Waals surface area contributed by atoms with Crippen LogP contribution in [0.1, 0.15) is 6.92 Å². The first-order valence-electron chi connectivity index (χ1n) is 5.10. The van der Waals surface area contributed by atoms with Crippen molar-refractivity contribution >= 4 is 19.7 Å². The van der Waals surface area contributed by atoms with Crippen LogP contribution >= 0.6 is 10.7 Å². The Kier molecular flexibility index (Phi) is 5.08. The van der Waals surface area contributed by atoms with Gasteiger partial charge in [0.1, 0.15) is 11.5 Å². The van der Waals surface area contributed by atoms with E-state index < -0.39 is 9.05 Å². The van der Waals surface area contributed by atoms with Gasteiger partial charge in [0.05, 0.1) is 19.5 Å². The van der Waals surface area contributed by atoms with Gasteiger partial charge in [-0.2, -0.15) is 0 Å². The summed E-state index contributed by atoms with van der Waals surface area (Å²) in [7, 11) is 3.25. The van der Waals surface area contributed by atoms with Crippen LogP contribution in [0.15, 0.2) is 24.3 Å². The van der Waals surface area contributed by atoms with E-state index >= 15 is 0 Å².